The second-order valence-corrected chi connectivity index (χ2v) is 9.40. The summed E-state index contributed by atoms with van der Waals surface area (Å²) < 4.78 is 43.5. The molecule has 0 bridgehead atoms. The van der Waals surface area contributed by atoms with Gasteiger partial charge in [0, 0.05) is 23.3 Å². The van der Waals surface area contributed by atoms with E-state index in [-0.39, 0.29) is 38.2 Å². The van der Waals surface area contributed by atoms with Gasteiger partial charge in [-0.3, -0.25) is 4.72 Å². The number of sulfonamides is 1. The fourth-order valence-electron chi connectivity index (χ4n) is 3.37. The topological polar surface area (TPSA) is 144 Å². The van der Waals surface area contributed by atoms with E-state index in [4.69, 9.17) is 13.6 Å². The van der Waals surface area contributed by atoms with Crippen molar-refractivity contribution < 1.29 is 27.1 Å². The summed E-state index contributed by atoms with van der Waals surface area (Å²) in [5.74, 6) is -0.0846. The monoisotopic (exact) mass is 485 g/mol. The predicted molar refractivity (Wildman–Crippen MR) is 123 cm³/mol. The van der Waals surface area contributed by atoms with E-state index < -0.39 is 15.6 Å². The molecule has 5 rings (SSSR count). The number of rotatable bonds is 6. The van der Waals surface area contributed by atoms with Gasteiger partial charge >= 0.3 is 5.63 Å². The highest BCUT2D eigenvalue weighted by molar-refractivity contribution is 7.93. The average molecular weight is 485 g/mol. The van der Waals surface area contributed by atoms with Gasteiger partial charge in [0.2, 0.25) is 0 Å². The molecule has 0 spiro atoms. The number of nitrogens with zero attached hydrogens (tertiary/aromatic N) is 1. The first-order valence-corrected chi connectivity index (χ1v) is 11.8. The summed E-state index contributed by atoms with van der Waals surface area (Å²) in [5.41, 5.74) is -0.161. The molecule has 10 nitrogen and oxygen atoms in total. The smallest absolute Gasteiger partial charge is 0.364 e. The van der Waals surface area contributed by atoms with Crippen molar-refractivity contribution in [3.8, 4) is 11.5 Å². The van der Waals surface area contributed by atoms with E-state index in [2.05, 4.69) is 15.0 Å². The van der Waals surface area contributed by atoms with Gasteiger partial charge < -0.3 is 24.0 Å². The van der Waals surface area contributed by atoms with Crippen molar-refractivity contribution in [2.45, 2.75) is 4.90 Å². The first-order chi connectivity index (χ1) is 15.9. The minimum atomic E-state index is -3.83. The van der Waals surface area contributed by atoms with Gasteiger partial charge in [-0.05, 0) is 30.3 Å². The molecule has 0 saturated carbocycles. The summed E-state index contributed by atoms with van der Waals surface area (Å²) in [7, 11) is -2.40. The molecule has 3 heterocycles. The number of benzene rings is 2. The Morgan fingerprint density at radius 2 is 1.94 bits per heavy atom. The molecule has 2 aromatic carbocycles. The maximum atomic E-state index is 12.6. The van der Waals surface area contributed by atoms with Crippen molar-refractivity contribution in [2.24, 2.45) is 0 Å². The van der Waals surface area contributed by atoms with Gasteiger partial charge in [0.1, 0.15) is 22.3 Å². The standard InChI is InChI=1S/C21H15N3O7S2/c1-29-19-13-6-8-30-14(13)10-15-16(19)18(25)17(20(26)31-15)23-11-2-4-12(5-3-11)33(27,28)24-21-22-7-9-32-21/h2-10,23,25H,1H3,(H,22,24). The molecular formula is C21H15N3O7S2. The van der Waals surface area contributed by atoms with Crippen LogP contribution in [0, 0.1) is 0 Å². The Bertz CT molecular complexity index is 1640. The van der Waals surface area contributed by atoms with Gasteiger partial charge in [0.05, 0.1) is 23.7 Å². The maximum absolute atomic E-state index is 12.6. The fourth-order valence-corrected chi connectivity index (χ4v) is 5.16. The van der Waals surface area contributed by atoms with Crippen LogP contribution in [0.15, 0.2) is 72.8 Å². The van der Waals surface area contributed by atoms with Crippen molar-refractivity contribution >= 4 is 59.8 Å². The van der Waals surface area contributed by atoms with E-state index in [1.807, 2.05) is 0 Å². The normalized spacial score (nSPS) is 11.7. The van der Waals surface area contributed by atoms with Crippen LogP contribution < -0.4 is 20.4 Å². The molecule has 12 heteroatoms. The quantitative estimate of drug-likeness (QED) is 0.301. The highest BCUT2D eigenvalue weighted by atomic mass is 32.2. The third kappa shape index (κ3) is 3.64. The number of hydrogen-bond donors (Lipinski definition) is 3. The zero-order valence-electron chi connectivity index (χ0n) is 16.9. The lowest BCUT2D eigenvalue weighted by Gasteiger charge is -2.12. The Morgan fingerprint density at radius 3 is 2.64 bits per heavy atom. The summed E-state index contributed by atoms with van der Waals surface area (Å²) in [6.07, 6.45) is 2.95. The third-order valence-electron chi connectivity index (χ3n) is 4.85. The van der Waals surface area contributed by atoms with E-state index >= 15 is 0 Å². The van der Waals surface area contributed by atoms with Crippen molar-refractivity contribution in [3.05, 3.63) is 64.7 Å². The molecule has 3 N–H and O–H groups in total. The number of ether oxygens (including phenoxy) is 1. The van der Waals surface area contributed by atoms with Crippen LogP contribution in [0.1, 0.15) is 0 Å². The molecule has 0 fully saturated rings. The molecule has 0 aliphatic heterocycles. The lowest BCUT2D eigenvalue weighted by atomic mass is 10.1. The van der Waals surface area contributed by atoms with E-state index in [1.165, 1.54) is 49.9 Å². The molecular weight excluding hydrogens is 470 g/mol. The highest BCUT2D eigenvalue weighted by Gasteiger charge is 2.22. The SMILES string of the molecule is COc1c2ccoc2cc2oc(=O)c(Nc3ccc(S(=O)(=O)Nc4nccs4)cc3)c(O)c12. The number of fused-ring (bicyclic) bond motifs is 2. The molecule has 0 radical (unpaired) electrons. The number of nitrogens with one attached hydrogen (secondary N) is 2. The third-order valence-corrected chi connectivity index (χ3v) is 7.02. The first kappa shape index (κ1) is 20.8. The summed E-state index contributed by atoms with van der Waals surface area (Å²) in [4.78, 5) is 16.5. The van der Waals surface area contributed by atoms with E-state index in [9.17, 15) is 18.3 Å². The van der Waals surface area contributed by atoms with Crippen molar-refractivity contribution in [3.63, 3.8) is 0 Å². The van der Waals surface area contributed by atoms with Crippen LogP contribution in [-0.4, -0.2) is 25.6 Å². The number of thiazole rings is 1. The van der Waals surface area contributed by atoms with Gasteiger partial charge in [0.25, 0.3) is 10.0 Å². The Kier molecular flexibility index (Phi) is 4.95. The van der Waals surface area contributed by atoms with Crippen LogP contribution >= 0.6 is 11.3 Å². The largest absolute Gasteiger partial charge is 0.505 e. The van der Waals surface area contributed by atoms with Crippen molar-refractivity contribution in [1.82, 2.24) is 4.98 Å². The Balaban J connectivity index is 1.51. The van der Waals surface area contributed by atoms with Crippen LogP contribution in [-0.2, 0) is 10.0 Å². The number of aromatic nitrogens is 1. The molecule has 5 aromatic rings. The zero-order valence-corrected chi connectivity index (χ0v) is 18.5. The van der Waals surface area contributed by atoms with E-state index in [0.29, 0.717) is 16.7 Å². The van der Waals surface area contributed by atoms with Gasteiger partial charge in [-0.15, -0.1) is 11.3 Å². The summed E-state index contributed by atoms with van der Waals surface area (Å²) in [5, 5.41) is 16.4. The molecule has 0 atom stereocenters. The van der Waals surface area contributed by atoms with Crippen LogP contribution in [0.4, 0.5) is 16.5 Å². The number of furan rings is 1. The lowest BCUT2D eigenvalue weighted by molar-refractivity contribution is 0.418. The van der Waals surface area contributed by atoms with Gasteiger partial charge in [-0.25, -0.2) is 18.2 Å². The van der Waals surface area contributed by atoms with Crippen LogP contribution in [0.3, 0.4) is 0 Å². The van der Waals surface area contributed by atoms with Gasteiger partial charge in [0.15, 0.2) is 16.6 Å². The van der Waals surface area contributed by atoms with Crippen molar-refractivity contribution in [2.75, 3.05) is 17.1 Å². The second-order valence-electron chi connectivity index (χ2n) is 6.82. The Hall–Kier alpha value is -4.03. The minimum absolute atomic E-state index is 0.00189. The zero-order chi connectivity index (χ0) is 23.2. The lowest BCUT2D eigenvalue weighted by Crippen LogP contribution is -2.13. The number of hydrogen-bond acceptors (Lipinski definition) is 10. The maximum Gasteiger partial charge on any atom is 0.364 e. The van der Waals surface area contributed by atoms with E-state index in [0.717, 1.165) is 11.3 Å². The van der Waals surface area contributed by atoms with Crippen LogP contribution in [0.25, 0.3) is 21.9 Å². The molecule has 0 unspecified atom stereocenters. The number of aromatic hydroxyl groups is 1. The van der Waals surface area contributed by atoms with E-state index in [1.54, 1.807) is 11.4 Å². The number of anilines is 3. The molecule has 0 amide bonds. The van der Waals surface area contributed by atoms with Crippen molar-refractivity contribution in [1.29, 1.82) is 0 Å². The molecule has 0 aliphatic carbocycles. The predicted octanol–water partition coefficient (Wildman–Crippen LogP) is 4.25. The molecule has 33 heavy (non-hydrogen) atoms. The van der Waals surface area contributed by atoms with Crippen LogP contribution in [0.5, 0.6) is 11.5 Å². The first-order valence-electron chi connectivity index (χ1n) is 9.41. The highest BCUT2D eigenvalue weighted by Crippen LogP contribution is 2.42. The summed E-state index contributed by atoms with van der Waals surface area (Å²) in [6, 6.07) is 8.78. The molecule has 0 aliphatic rings. The Labute approximate surface area is 190 Å². The fraction of sp³-hybridized carbons (Fsp3) is 0.0476. The average Bonchev–Trinajstić information content (AvgIpc) is 3.47. The van der Waals surface area contributed by atoms with Crippen LogP contribution in [0.2, 0.25) is 0 Å². The molecule has 168 valence electrons. The molecule has 0 saturated heterocycles. The minimum Gasteiger partial charge on any atom is -0.505 e. The Morgan fingerprint density at radius 1 is 1.15 bits per heavy atom. The van der Waals surface area contributed by atoms with Gasteiger partial charge in [-0.1, -0.05) is 0 Å². The summed E-state index contributed by atoms with van der Waals surface area (Å²) in [6.45, 7) is 0. The summed E-state index contributed by atoms with van der Waals surface area (Å²) >= 11 is 1.15. The number of methoxy groups -OCH3 is 1. The van der Waals surface area contributed by atoms with Gasteiger partial charge in [-0.2, -0.15) is 0 Å². The second kappa shape index (κ2) is 7.83. The molecule has 3 aromatic heterocycles.